The standard InChI is InChI=1S/C13H21N3O/c1-10(2)8-12(14)13(17)16(3)9-11-4-6-15-7-5-11/h4-7,10,12H,8-9,14H2,1-3H3. The van der Waals surface area contributed by atoms with E-state index in [2.05, 4.69) is 18.8 Å². The van der Waals surface area contributed by atoms with Crippen LogP contribution in [0.2, 0.25) is 0 Å². The lowest BCUT2D eigenvalue weighted by Gasteiger charge is -2.22. The first-order valence-corrected chi connectivity index (χ1v) is 5.90. The van der Waals surface area contributed by atoms with Crippen molar-refractivity contribution in [2.75, 3.05) is 7.05 Å². The van der Waals surface area contributed by atoms with Crippen molar-refractivity contribution >= 4 is 5.91 Å². The molecule has 0 saturated carbocycles. The Hall–Kier alpha value is -1.42. The second kappa shape index (κ2) is 6.35. The van der Waals surface area contributed by atoms with E-state index in [1.165, 1.54) is 0 Å². The van der Waals surface area contributed by atoms with Gasteiger partial charge in [-0.1, -0.05) is 13.8 Å². The van der Waals surface area contributed by atoms with Gasteiger partial charge in [0.1, 0.15) is 0 Å². The zero-order valence-electron chi connectivity index (χ0n) is 10.8. The average Bonchev–Trinajstić information content (AvgIpc) is 2.28. The van der Waals surface area contributed by atoms with Gasteiger partial charge in [-0.05, 0) is 30.0 Å². The van der Waals surface area contributed by atoms with E-state index < -0.39 is 6.04 Å². The minimum atomic E-state index is -0.401. The van der Waals surface area contributed by atoms with Gasteiger partial charge in [0.15, 0.2) is 0 Å². The van der Waals surface area contributed by atoms with Crippen LogP contribution in [0.5, 0.6) is 0 Å². The van der Waals surface area contributed by atoms with Crippen molar-refractivity contribution in [1.29, 1.82) is 0 Å². The Kier molecular flexibility index (Phi) is 5.10. The second-order valence-electron chi connectivity index (χ2n) is 4.79. The van der Waals surface area contributed by atoms with Crippen LogP contribution in [0.4, 0.5) is 0 Å². The predicted molar refractivity (Wildman–Crippen MR) is 68.1 cm³/mol. The summed E-state index contributed by atoms with van der Waals surface area (Å²) in [5.41, 5.74) is 6.93. The number of carbonyl (C=O) groups is 1. The molecule has 2 N–H and O–H groups in total. The summed E-state index contributed by atoms with van der Waals surface area (Å²) in [6.07, 6.45) is 4.17. The molecule has 0 fully saturated rings. The van der Waals surface area contributed by atoms with Crippen LogP contribution in [0.1, 0.15) is 25.8 Å². The van der Waals surface area contributed by atoms with Gasteiger partial charge in [0, 0.05) is 26.0 Å². The molecule has 0 aliphatic carbocycles. The maximum absolute atomic E-state index is 12.0. The van der Waals surface area contributed by atoms with Crippen molar-refractivity contribution in [3.05, 3.63) is 30.1 Å². The Bertz CT molecular complexity index is 351. The number of rotatable bonds is 5. The lowest BCUT2D eigenvalue weighted by molar-refractivity contribution is -0.132. The Labute approximate surface area is 103 Å². The molecule has 17 heavy (non-hydrogen) atoms. The molecule has 1 aromatic rings. The molecule has 0 spiro atoms. The smallest absolute Gasteiger partial charge is 0.239 e. The van der Waals surface area contributed by atoms with Crippen molar-refractivity contribution in [2.45, 2.75) is 32.9 Å². The van der Waals surface area contributed by atoms with Crippen LogP contribution in [0, 0.1) is 5.92 Å². The van der Waals surface area contributed by atoms with E-state index in [0.29, 0.717) is 12.5 Å². The Morgan fingerprint density at radius 3 is 2.53 bits per heavy atom. The normalized spacial score (nSPS) is 12.5. The lowest BCUT2D eigenvalue weighted by atomic mass is 10.0. The first kappa shape index (κ1) is 13.6. The van der Waals surface area contributed by atoms with Gasteiger partial charge in [0.05, 0.1) is 6.04 Å². The van der Waals surface area contributed by atoms with Gasteiger partial charge in [0.2, 0.25) is 5.91 Å². The number of hydrogen-bond acceptors (Lipinski definition) is 3. The molecule has 1 rings (SSSR count). The minimum absolute atomic E-state index is 0.00416. The third-order valence-corrected chi connectivity index (χ3v) is 2.59. The van der Waals surface area contributed by atoms with Crippen LogP contribution in [0.3, 0.4) is 0 Å². The number of nitrogens with zero attached hydrogens (tertiary/aromatic N) is 2. The quantitative estimate of drug-likeness (QED) is 0.839. The second-order valence-corrected chi connectivity index (χ2v) is 4.79. The van der Waals surface area contributed by atoms with E-state index in [1.54, 1.807) is 24.3 Å². The van der Waals surface area contributed by atoms with Gasteiger partial charge >= 0.3 is 0 Å². The van der Waals surface area contributed by atoms with Gasteiger partial charge in [-0.2, -0.15) is 0 Å². The zero-order chi connectivity index (χ0) is 12.8. The molecule has 0 aliphatic heterocycles. The highest BCUT2D eigenvalue weighted by Crippen LogP contribution is 2.07. The molecular formula is C13H21N3O. The molecule has 4 nitrogen and oxygen atoms in total. The molecule has 94 valence electrons. The van der Waals surface area contributed by atoms with Gasteiger partial charge < -0.3 is 10.6 Å². The van der Waals surface area contributed by atoms with Gasteiger partial charge in [-0.3, -0.25) is 9.78 Å². The van der Waals surface area contributed by atoms with Crippen molar-refractivity contribution in [1.82, 2.24) is 9.88 Å². The third-order valence-electron chi connectivity index (χ3n) is 2.59. The maximum Gasteiger partial charge on any atom is 0.239 e. The van der Waals surface area contributed by atoms with Crippen LogP contribution in [0.25, 0.3) is 0 Å². The highest BCUT2D eigenvalue weighted by atomic mass is 16.2. The van der Waals surface area contributed by atoms with E-state index in [-0.39, 0.29) is 5.91 Å². The first-order chi connectivity index (χ1) is 8.00. The molecule has 0 bridgehead atoms. The number of hydrogen-bond donors (Lipinski definition) is 1. The van der Waals surface area contributed by atoms with Crippen LogP contribution < -0.4 is 5.73 Å². The molecule has 0 aliphatic rings. The molecular weight excluding hydrogens is 214 g/mol. The number of aromatic nitrogens is 1. The van der Waals surface area contributed by atoms with E-state index in [0.717, 1.165) is 12.0 Å². The number of likely N-dealkylation sites (N-methyl/N-ethyl adjacent to an activating group) is 1. The molecule has 1 heterocycles. The van der Waals surface area contributed by atoms with Crippen molar-refractivity contribution in [3.63, 3.8) is 0 Å². The van der Waals surface area contributed by atoms with E-state index >= 15 is 0 Å². The summed E-state index contributed by atoms with van der Waals surface area (Å²) >= 11 is 0. The first-order valence-electron chi connectivity index (χ1n) is 5.90. The van der Waals surface area contributed by atoms with Gasteiger partial charge in [-0.25, -0.2) is 0 Å². The van der Waals surface area contributed by atoms with Gasteiger partial charge in [0.25, 0.3) is 0 Å². The maximum atomic E-state index is 12.0. The molecule has 1 unspecified atom stereocenters. The number of nitrogens with two attached hydrogens (primary N) is 1. The van der Waals surface area contributed by atoms with Crippen molar-refractivity contribution in [3.8, 4) is 0 Å². The summed E-state index contributed by atoms with van der Waals surface area (Å²) < 4.78 is 0. The van der Waals surface area contributed by atoms with Crippen LogP contribution >= 0.6 is 0 Å². The number of pyridine rings is 1. The summed E-state index contributed by atoms with van der Waals surface area (Å²) in [6.45, 7) is 4.71. The monoisotopic (exact) mass is 235 g/mol. The fourth-order valence-electron chi connectivity index (χ4n) is 1.73. The van der Waals surface area contributed by atoms with Crippen LogP contribution in [-0.2, 0) is 11.3 Å². The fourth-order valence-corrected chi connectivity index (χ4v) is 1.73. The summed E-state index contributed by atoms with van der Waals surface area (Å²) in [5.74, 6) is 0.429. The SMILES string of the molecule is CC(C)CC(N)C(=O)N(C)Cc1ccncc1. The molecule has 1 amide bonds. The summed E-state index contributed by atoms with van der Waals surface area (Å²) in [6, 6.07) is 3.40. The topological polar surface area (TPSA) is 59.2 Å². The predicted octanol–water partition coefficient (Wildman–Crippen LogP) is 1.41. The fraction of sp³-hybridized carbons (Fsp3) is 0.538. The molecule has 1 aromatic heterocycles. The van der Waals surface area contributed by atoms with Crippen molar-refractivity contribution in [2.24, 2.45) is 11.7 Å². The molecule has 4 heteroatoms. The number of carbonyl (C=O) groups excluding carboxylic acids is 1. The number of amides is 1. The molecule has 0 aromatic carbocycles. The molecule has 0 saturated heterocycles. The summed E-state index contributed by atoms with van der Waals surface area (Å²) in [4.78, 5) is 17.6. The average molecular weight is 235 g/mol. The lowest BCUT2D eigenvalue weighted by Crippen LogP contribution is -2.42. The van der Waals surface area contributed by atoms with Crippen molar-refractivity contribution < 1.29 is 4.79 Å². The van der Waals surface area contributed by atoms with Gasteiger partial charge in [-0.15, -0.1) is 0 Å². The Balaban J connectivity index is 2.52. The minimum Gasteiger partial charge on any atom is -0.340 e. The van der Waals surface area contributed by atoms with Crippen LogP contribution in [-0.4, -0.2) is 28.9 Å². The Morgan fingerprint density at radius 1 is 1.41 bits per heavy atom. The molecule has 0 radical (unpaired) electrons. The zero-order valence-corrected chi connectivity index (χ0v) is 10.8. The van der Waals surface area contributed by atoms with E-state index in [9.17, 15) is 4.79 Å². The highest BCUT2D eigenvalue weighted by molar-refractivity contribution is 5.81. The van der Waals surface area contributed by atoms with E-state index in [1.807, 2.05) is 12.1 Å². The van der Waals surface area contributed by atoms with E-state index in [4.69, 9.17) is 5.73 Å². The largest absolute Gasteiger partial charge is 0.340 e. The Morgan fingerprint density at radius 2 is 2.00 bits per heavy atom. The molecule has 1 atom stereocenters. The summed E-state index contributed by atoms with van der Waals surface area (Å²) in [5, 5.41) is 0. The summed E-state index contributed by atoms with van der Waals surface area (Å²) in [7, 11) is 1.78. The third kappa shape index (κ3) is 4.53. The van der Waals surface area contributed by atoms with Crippen LogP contribution in [0.15, 0.2) is 24.5 Å². The highest BCUT2D eigenvalue weighted by Gasteiger charge is 2.18.